The zero-order valence-electron chi connectivity index (χ0n) is 19.7. The Balaban J connectivity index is 1.39. The van der Waals surface area contributed by atoms with Gasteiger partial charge in [0.25, 0.3) is 0 Å². The molecule has 3 N–H and O–H groups in total. The average molecular weight is 527 g/mol. The maximum atomic E-state index is 12.7. The fraction of sp³-hybridized carbons (Fsp3) is 0.296. The number of ether oxygens (including phenoxy) is 1. The molecule has 0 saturated heterocycles. The van der Waals surface area contributed by atoms with Gasteiger partial charge >= 0.3 is 12.1 Å². The lowest BCUT2D eigenvalue weighted by Crippen LogP contribution is -2.36. The molecule has 1 unspecified atom stereocenters. The van der Waals surface area contributed by atoms with Crippen molar-refractivity contribution in [1.82, 2.24) is 0 Å². The van der Waals surface area contributed by atoms with Gasteiger partial charge in [-0.05, 0) is 55.0 Å². The summed E-state index contributed by atoms with van der Waals surface area (Å²) in [6, 6.07) is 16.2. The standard InChI is InChI=1S/C27H27ClN2O5S/c1-16(19-6-4-5-9-22(19)28)35-27(34)30-23-14-15-36-24(23)17-10-12-18(13-11-17)29-25(31)20-7-2-3-8-21(20)26(32)33/h4-6,9-16,20-21H,2-3,7-8H2,1H3,(H,29,31)(H,30,34)(H,32,33)/t16?,20-,21-/m1/s1. The van der Waals surface area contributed by atoms with E-state index in [0.717, 1.165) is 28.8 Å². The zero-order valence-corrected chi connectivity index (χ0v) is 21.3. The third-order valence-corrected chi connectivity index (χ3v) is 7.67. The number of anilines is 2. The van der Waals surface area contributed by atoms with Crippen LogP contribution in [0.3, 0.4) is 0 Å². The predicted molar refractivity (Wildman–Crippen MR) is 141 cm³/mol. The van der Waals surface area contributed by atoms with Crippen molar-refractivity contribution in [2.75, 3.05) is 10.6 Å². The van der Waals surface area contributed by atoms with Crippen molar-refractivity contribution < 1.29 is 24.2 Å². The van der Waals surface area contributed by atoms with E-state index in [0.29, 0.717) is 29.2 Å². The minimum absolute atomic E-state index is 0.260. The fourth-order valence-electron chi connectivity index (χ4n) is 4.48. The molecule has 4 rings (SSSR count). The monoisotopic (exact) mass is 526 g/mol. The summed E-state index contributed by atoms with van der Waals surface area (Å²) in [5.41, 5.74) is 2.79. The number of carbonyl (C=O) groups excluding carboxylic acids is 2. The van der Waals surface area contributed by atoms with Gasteiger partial charge in [-0.15, -0.1) is 11.3 Å². The molecular formula is C27H27ClN2O5S. The highest BCUT2D eigenvalue weighted by atomic mass is 35.5. The van der Waals surface area contributed by atoms with Crippen LogP contribution in [0.1, 0.15) is 44.3 Å². The summed E-state index contributed by atoms with van der Waals surface area (Å²) in [4.78, 5) is 37.6. The number of carboxylic acid groups (broad SMARTS) is 1. The first kappa shape index (κ1) is 25.7. The Morgan fingerprint density at radius 1 is 1.00 bits per heavy atom. The van der Waals surface area contributed by atoms with Crippen molar-refractivity contribution in [1.29, 1.82) is 0 Å². The average Bonchev–Trinajstić information content (AvgIpc) is 3.32. The number of amides is 2. The third-order valence-electron chi connectivity index (χ3n) is 6.36. The maximum absolute atomic E-state index is 12.7. The van der Waals surface area contributed by atoms with Crippen molar-refractivity contribution in [3.8, 4) is 10.4 Å². The Morgan fingerprint density at radius 2 is 1.69 bits per heavy atom. The molecule has 3 atom stereocenters. The summed E-state index contributed by atoms with van der Waals surface area (Å²) in [5, 5.41) is 17.5. The topological polar surface area (TPSA) is 105 Å². The number of hydrogen-bond donors (Lipinski definition) is 3. The van der Waals surface area contributed by atoms with E-state index < -0.39 is 30.0 Å². The first-order valence-corrected chi connectivity index (χ1v) is 13.0. The number of halogens is 1. The Labute approximate surface area is 218 Å². The van der Waals surface area contributed by atoms with Crippen molar-refractivity contribution in [2.24, 2.45) is 11.8 Å². The fourth-order valence-corrected chi connectivity index (χ4v) is 5.63. The van der Waals surface area contributed by atoms with Gasteiger partial charge in [-0.2, -0.15) is 0 Å². The van der Waals surface area contributed by atoms with E-state index in [9.17, 15) is 19.5 Å². The van der Waals surface area contributed by atoms with Crippen LogP contribution in [0.15, 0.2) is 60.0 Å². The summed E-state index contributed by atoms with van der Waals surface area (Å²) < 4.78 is 5.51. The zero-order chi connectivity index (χ0) is 25.7. The molecule has 0 bridgehead atoms. The van der Waals surface area contributed by atoms with Gasteiger partial charge in [0.15, 0.2) is 0 Å². The van der Waals surface area contributed by atoms with Crippen molar-refractivity contribution in [3.63, 3.8) is 0 Å². The minimum atomic E-state index is -0.914. The van der Waals surface area contributed by atoms with Crippen LogP contribution >= 0.6 is 22.9 Å². The van der Waals surface area contributed by atoms with Gasteiger partial charge in [0.05, 0.1) is 22.4 Å². The van der Waals surface area contributed by atoms with Crippen LogP contribution in [0.4, 0.5) is 16.2 Å². The van der Waals surface area contributed by atoms with Crippen LogP contribution in [0.25, 0.3) is 10.4 Å². The SMILES string of the molecule is CC(OC(=O)Nc1ccsc1-c1ccc(NC(=O)[C@@H]2CCCC[C@H]2C(=O)O)cc1)c1ccccc1Cl. The van der Waals surface area contributed by atoms with Gasteiger partial charge < -0.3 is 15.2 Å². The van der Waals surface area contributed by atoms with E-state index in [1.54, 1.807) is 31.2 Å². The highest BCUT2D eigenvalue weighted by molar-refractivity contribution is 7.14. The second kappa shape index (κ2) is 11.6. The van der Waals surface area contributed by atoms with Gasteiger partial charge in [0.2, 0.25) is 5.91 Å². The molecule has 1 aliphatic carbocycles. The second-order valence-corrected chi connectivity index (χ2v) is 10.1. The molecule has 0 aliphatic heterocycles. The second-order valence-electron chi connectivity index (χ2n) is 8.76. The van der Waals surface area contributed by atoms with Crippen molar-refractivity contribution >= 4 is 52.3 Å². The number of hydrogen-bond acceptors (Lipinski definition) is 5. The molecule has 7 nitrogen and oxygen atoms in total. The number of benzene rings is 2. The molecule has 1 aromatic heterocycles. The number of rotatable bonds is 7. The van der Waals surface area contributed by atoms with E-state index in [-0.39, 0.29) is 5.91 Å². The van der Waals surface area contributed by atoms with Crippen LogP contribution in [0.2, 0.25) is 5.02 Å². The van der Waals surface area contributed by atoms with Gasteiger partial charge in [-0.25, -0.2) is 4.79 Å². The molecular weight excluding hydrogens is 500 g/mol. The van der Waals surface area contributed by atoms with E-state index in [1.165, 1.54) is 11.3 Å². The van der Waals surface area contributed by atoms with Gasteiger partial charge in [0.1, 0.15) is 6.10 Å². The summed E-state index contributed by atoms with van der Waals surface area (Å²) >= 11 is 7.66. The number of carboxylic acids is 1. The molecule has 0 radical (unpaired) electrons. The number of aliphatic carboxylic acids is 1. The quantitative estimate of drug-likeness (QED) is 0.302. The van der Waals surface area contributed by atoms with Crippen LogP contribution < -0.4 is 10.6 Å². The molecule has 1 saturated carbocycles. The van der Waals surface area contributed by atoms with E-state index in [2.05, 4.69) is 10.6 Å². The first-order valence-electron chi connectivity index (χ1n) is 11.8. The Kier molecular flexibility index (Phi) is 8.28. The molecule has 3 aromatic rings. The highest BCUT2D eigenvalue weighted by Crippen LogP contribution is 2.36. The first-order chi connectivity index (χ1) is 17.3. The Morgan fingerprint density at radius 3 is 2.39 bits per heavy atom. The Hall–Kier alpha value is -3.36. The van der Waals surface area contributed by atoms with Gasteiger partial charge in [-0.1, -0.05) is 54.8 Å². The summed E-state index contributed by atoms with van der Waals surface area (Å²) in [5.74, 6) is -2.34. The lowest BCUT2D eigenvalue weighted by Gasteiger charge is -2.27. The van der Waals surface area contributed by atoms with E-state index in [4.69, 9.17) is 16.3 Å². The molecule has 1 heterocycles. The molecule has 9 heteroatoms. The summed E-state index contributed by atoms with van der Waals surface area (Å²) in [6.45, 7) is 1.76. The number of thiophene rings is 1. The van der Waals surface area contributed by atoms with Gasteiger partial charge in [0, 0.05) is 16.3 Å². The lowest BCUT2D eigenvalue weighted by molar-refractivity contribution is -0.147. The van der Waals surface area contributed by atoms with Crippen molar-refractivity contribution in [2.45, 2.75) is 38.7 Å². The van der Waals surface area contributed by atoms with Crippen LogP contribution in [-0.2, 0) is 14.3 Å². The van der Waals surface area contributed by atoms with E-state index in [1.807, 2.05) is 35.7 Å². The molecule has 188 valence electrons. The van der Waals surface area contributed by atoms with Crippen LogP contribution in [0.5, 0.6) is 0 Å². The third kappa shape index (κ3) is 6.06. The van der Waals surface area contributed by atoms with E-state index >= 15 is 0 Å². The molecule has 2 aromatic carbocycles. The molecule has 1 fully saturated rings. The largest absolute Gasteiger partial charge is 0.481 e. The van der Waals surface area contributed by atoms with Crippen LogP contribution in [-0.4, -0.2) is 23.1 Å². The maximum Gasteiger partial charge on any atom is 0.412 e. The molecule has 2 amide bonds. The summed E-state index contributed by atoms with van der Waals surface area (Å²) in [6.07, 6.45) is 1.68. The lowest BCUT2D eigenvalue weighted by atomic mass is 9.78. The van der Waals surface area contributed by atoms with Crippen LogP contribution in [0, 0.1) is 11.8 Å². The van der Waals surface area contributed by atoms with Crippen molar-refractivity contribution in [3.05, 3.63) is 70.6 Å². The smallest absolute Gasteiger partial charge is 0.412 e. The predicted octanol–water partition coefficient (Wildman–Crippen LogP) is 7.21. The highest BCUT2D eigenvalue weighted by Gasteiger charge is 2.35. The Bertz CT molecular complexity index is 1240. The minimum Gasteiger partial charge on any atom is -0.481 e. The number of nitrogens with one attached hydrogen (secondary N) is 2. The number of carbonyl (C=O) groups is 3. The molecule has 36 heavy (non-hydrogen) atoms. The summed E-state index contributed by atoms with van der Waals surface area (Å²) in [7, 11) is 0. The van der Waals surface area contributed by atoms with Gasteiger partial charge in [-0.3, -0.25) is 14.9 Å². The molecule has 0 spiro atoms. The molecule has 1 aliphatic rings. The normalized spacial score (nSPS) is 18.2.